The monoisotopic (exact) mass is 281 g/mol. The third kappa shape index (κ3) is 2.26. The number of nitrogens with zero attached hydrogens (tertiary/aromatic N) is 2. The lowest BCUT2D eigenvalue weighted by molar-refractivity contribution is 0.714. The number of aromatic nitrogens is 2. The molecule has 0 saturated carbocycles. The minimum absolute atomic E-state index is 0.505. The van der Waals surface area contributed by atoms with Crippen molar-refractivity contribution in [3.8, 4) is 5.69 Å². The van der Waals surface area contributed by atoms with Crippen LogP contribution < -0.4 is 5.32 Å². The maximum absolute atomic E-state index is 6.05. The van der Waals surface area contributed by atoms with Gasteiger partial charge in [0.15, 0.2) is 0 Å². The van der Waals surface area contributed by atoms with Crippen LogP contribution in [0.2, 0.25) is 10.0 Å². The molecule has 0 spiro atoms. The van der Waals surface area contributed by atoms with E-state index in [2.05, 4.69) is 14.9 Å². The van der Waals surface area contributed by atoms with E-state index >= 15 is 0 Å². The van der Waals surface area contributed by atoms with Gasteiger partial charge in [-0.05, 0) is 31.2 Å². The van der Waals surface area contributed by atoms with Gasteiger partial charge in [0.25, 0.3) is 0 Å². The molecule has 94 valence electrons. The standard InChI is InChI=1S/C13H13Cl2N3/c14-10-3-11(15)5-12(4-10)18-8-17-7-13(18)9-1-2-16-6-9/h3-5,7-9,16H,1-2,6H2. The Morgan fingerprint density at radius 2 is 2.00 bits per heavy atom. The Morgan fingerprint density at radius 3 is 2.67 bits per heavy atom. The van der Waals surface area contributed by atoms with E-state index in [0.717, 1.165) is 25.2 Å². The van der Waals surface area contributed by atoms with Crippen molar-refractivity contribution in [2.45, 2.75) is 12.3 Å². The summed E-state index contributed by atoms with van der Waals surface area (Å²) < 4.78 is 2.06. The Morgan fingerprint density at radius 1 is 1.22 bits per heavy atom. The van der Waals surface area contributed by atoms with Gasteiger partial charge in [0.05, 0.1) is 6.33 Å². The number of halogens is 2. The molecule has 1 saturated heterocycles. The molecule has 1 aromatic carbocycles. The molecule has 2 aromatic rings. The van der Waals surface area contributed by atoms with Crippen LogP contribution in [-0.4, -0.2) is 22.6 Å². The van der Waals surface area contributed by atoms with Crippen molar-refractivity contribution in [2.75, 3.05) is 13.1 Å². The summed E-state index contributed by atoms with van der Waals surface area (Å²) in [5, 5.41) is 4.65. The van der Waals surface area contributed by atoms with Gasteiger partial charge in [0.2, 0.25) is 0 Å². The van der Waals surface area contributed by atoms with E-state index in [1.165, 1.54) is 5.69 Å². The summed E-state index contributed by atoms with van der Waals surface area (Å²) >= 11 is 12.1. The molecule has 1 aliphatic heterocycles. The van der Waals surface area contributed by atoms with Gasteiger partial charge >= 0.3 is 0 Å². The average molecular weight is 282 g/mol. The molecule has 3 nitrogen and oxygen atoms in total. The lowest BCUT2D eigenvalue weighted by Gasteiger charge is -2.13. The van der Waals surface area contributed by atoms with Crippen molar-refractivity contribution in [2.24, 2.45) is 0 Å². The highest BCUT2D eigenvalue weighted by Gasteiger charge is 2.20. The van der Waals surface area contributed by atoms with E-state index in [1.54, 1.807) is 6.07 Å². The minimum Gasteiger partial charge on any atom is -0.316 e. The van der Waals surface area contributed by atoms with E-state index in [1.807, 2.05) is 24.7 Å². The van der Waals surface area contributed by atoms with Crippen LogP contribution in [-0.2, 0) is 0 Å². The molecule has 0 radical (unpaired) electrons. The summed E-state index contributed by atoms with van der Waals surface area (Å²) in [7, 11) is 0. The Bertz CT molecular complexity index is 539. The first-order valence-electron chi connectivity index (χ1n) is 5.93. The molecule has 1 aromatic heterocycles. The highest BCUT2D eigenvalue weighted by atomic mass is 35.5. The summed E-state index contributed by atoms with van der Waals surface area (Å²) in [5.41, 5.74) is 2.17. The van der Waals surface area contributed by atoms with Crippen LogP contribution in [0.25, 0.3) is 5.69 Å². The zero-order valence-electron chi connectivity index (χ0n) is 9.74. The van der Waals surface area contributed by atoms with E-state index in [-0.39, 0.29) is 0 Å². The molecule has 18 heavy (non-hydrogen) atoms. The van der Waals surface area contributed by atoms with Gasteiger partial charge in [-0.3, -0.25) is 0 Å². The molecule has 5 heteroatoms. The second-order valence-electron chi connectivity index (χ2n) is 4.51. The average Bonchev–Trinajstić information content (AvgIpc) is 2.98. The highest BCUT2D eigenvalue weighted by molar-refractivity contribution is 6.34. The van der Waals surface area contributed by atoms with Crippen LogP contribution in [0.1, 0.15) is 18.0 Å². The van der Waals surface area contributed by atoms with Crippen LogP contribution in [0, 0.1) is 0 Å². The minimum atomic E-state index is 0.505. The fourth-order valence-electron chi connectivity index (χ4n) is 2.41. The van der Waals surface area contributed by atoms with Crippen molar-refractivity contribution in [3.63, 3.8) is 0 Å². The summed E-state index contributed by atoms with van der Waals surface area (Å²) in [4.78, 5) is 4.25. The second-order valence-corrected chi connectivity index (χ2v) is 5.38. The van der Waals surface area contributed by atoms with E-state index in [4.69, 9.17) is 23.2 Å². The van der Waals surface area contributed by atoms with Crippen LogP contribution in [0.15, 0.2) is 30.7 Å². The molecular formula is C13H13Cl2N3. The maximum Gasteiger partial charge on any atom is 0.0994 e. The molecule has 1 atom stereocenters. The molecule has 1 aliphatic rings. The van der Waals surface area contributed by atoms with E-state index < -0.39 is 0 Å². The van der Waals surface area contributed by atoms with Crippen molar-refractivity contribution >= 4 is 23.2 Å². The topological polar surface area (TPSA) is 29.9 Å². The fourth-order valence-corrected chi connectivity index (χ4v) is 2.92. The molecule has 0 aliphatic carbocycles. The molecule has 3 rings (SSSR count). The molecule has 0 bridgehead atoms. The normalized spacial score (nSPS) is 19.3. The molecule has 1 fully saturated rings. The quantitative estimate of drug-likeness (QED) is 0.916. The van der Waals surface area contributed by atoms with Crippen molar-refractivity contribution < 1.29 is 0 Å². The van der Waals surface area contributed by atoms with Gasteiger partial charge in [0, 0.05) is 40.1 Å². The smallest absolute Gasteiger partial charge is 0.0994 e. The first-order chi connectivity index (χ1) is 8.74. The largest absolute Gasteiger partial charge is 0.316 e. The number of hydrogen-bond acceptors (Lipinski definition) is 2. The van der Waals surface area contributed by atoms with Crippen LogP contribution >= 0.6 is 23.2 Å². The zero-order valence-corrected chi connectivity index (χ0v) is 11.2. The SMILES string of the molecule is Clc1cc(Cl)cc(-n2cncc2C2CCNC2)c1. The van der Waals surface area contributed by atoms with Crippen LogP contribution in [0.5, 0.6) is 0 Å². The lowest BCUT2D eigenvalue weighted by atomic mass is 10.1. The van der Waals surface area contributed by atoms with E-state index in [9.17, 15) is 0 Å². The summed E-state index contributed by atoms with van der Waals surface area (Å²) in [6, 6.07) is 5.54. The Hall–Kier alpha value is -1.03. The first kappa shape index (κ1) is 12.0. The summed E-state index contributed by atoms with van der Waals surface area (Å²) in [6.45, 7) is 2.06. The number of rotatable bonds is 2. The first-order valence-corrected chi connectivity index (χ1v) is 6.69. The van der Waals surface area contributed by atoms with Crippen LogP contribution in [0.3, 0.4) is 0 Å². The number of nitrogens with one attached hydrogen (secondary N) is 1. The number of benzene rings is 1. The van der Waals surface area contributed by atoms with Gasteiger partial charge in [-0.1, -0.05) is 23.2 Å². The van der Waals surface area contributed by atoms with Crippen molar-refractivity contribution in [1.82, 2.24) is 14.9 Å². The molecule has 1 N–H and O–H groups in total. The maximum atomic E-state index is 6.05. The number of imidazole rings is 1. The van der Waals surface area contributed by atoms with Crippen molar-refractivity contribution in [1.29, 1.82) is 0 Å². The third-order valence-corrected chi connectivity index (χ3v) is 3.71. The second kappa shape index (κ2) is 4.92. The van der Waals surface area contributed by atoms with E-state index in [0.29, 0.717) is 16.0 Å². The zero-order chi connectivity index (χ0) is 12.5. The van der Waals surface area contributed by atoms with Gasteiger partial charge in [-0.15, -0.1) is 0 Å². The molecule has 0 amide bonds. The summed E-state index contributed by atoms with van der Waals surface area (Å²) in [6.07, 6.45) is 4.88. The third-order valence-electron chi connectivity index (χ3n) is 3.27. The van der Waals surface area contributed by atoms with Gasteiger partial charge in [0.1, 0.15) is 0 Å². The Kier molecular flexibility index (Phi) is 3.29. The van der Waals surface area contributed by atoms with Gasteiger partial charge < -0.3 is 9.88 Å². The highest BCUT2D eigenvalue weighted by Crippen LogP contribution is 2.27. The predicted molar refractivity (Wildman–Crippen MR) is 73.8 cm³/mol. The number of hydrogen-bond donors (Lipinski definition) is 1. The van der Waals surface area contributed by atoms with Gasteiger partial charge in [-0.2, -0.15) is 0 Å². The summed E-state index contributed by atoms with van der Waals surface area (Å²) in [5.74, 6) is 0.505. The Balaban J connectivity index is 2.03. The molecule has 2 heterocycles. The molecular weight excluding hydrogens is 269 g/mol. The van der Waals surface area contributed by atoms with Crippen LogP contribution in [0.4, 0.5) is 0 Å². The fraction of sp³-hybridized carbons (Fsp3) is 0.308. The van der Waals surface area contributed by atoms with Crippen molar-refractivity contribution in [3.05, 3.63) is 46.5 Å². The predicted octanol–water partition coefficient (Wildman–Crippen LogP) is 3.26. The Labute approximate surface area is 116 Å². The molecule has 1 unspecified atom stereocenters. The van der Waals surface area contributed by atoms with Gasteiger partial charge in [-0.25, -0.2) is 4.98 Å². The lowest BCUT2D eigenvalue weighted by Crippen LogP contribution is -2.10.